The Morgan fingerprint density at radius 1 is 0.630 bits per heavy atom. The highest BCUT2D eigenvalue weighted by atomic mass is 31.2. The molecule has 11 heteroatoms. The Hall–Kier alpha value is 0.180. The van der Waals surface area contributed by atoms with E-state index in [1.54, 1.807) is 27.7 Å². The quantitative estimate of drug-likeness (QED) is 0.166. The number of rotatable bonds is 19. The van der Waals surface area contributed by atoms with Crippen molar-refractivity contribution in [2.45, 2.75) is 47.5 Å². The number of hydrogen-bond donors (Lipinski definition) is 0. The van der Waals surface area contributed by atoms with Crippen molar-refractivity contribution >= 4 is 15.2 Å². The van der Waals surface area contributed by atoms with Crippen molar-refractivity contribution in [3.05, 3.63) is 0 Å². The van der Waals surface area contributed by atoms with E-state index in [2.05, 4.69) is 0 Å². The van der Waals surface area contributed by atoms with Crippen molar-refractivity contribution < 1.29 is 36.9 Å². The van der Waals surface area contributed by atoms with E-state index < -0.39 is 15.2 Å². The molecule has 9 nitrogen and oxygen atoms in total. The summed E-state index contributed by atoms with van der Waals surface area (Å²) in [5.74, 6) is 0. The van der Waals surface area contributed by atoms with Gasteiger partial charge in [0, 0.05) is 6.54 Å². The molecular weight excluding hydrogens is 396 g/mol. The van der Waals surface area contributed by atoms with Crippen LogP contribution in [0.5, 0.6) is 0 Å². The van der Waals surface area contributed by atoms with Gasteiger partial charge in [0.05, 0.1) is 52.0 Å². The minimum atomic E-state index is -3.04. The molecule has 0 amide bonds. The molecule has 0 bridgehead atoms. The number of hydroxylamine groups is 2. The highest BCUT2D eigenvalue weighted by Crippen LogP contribution is 2.49. The van der Waals surface area contributed by atoms with Crippen LogP contribution in [-0.2, 0) is 36.9 Å². The SMILES string of the molecule is CCOP(=O)(CCCON(CC)OCCCP(=O)(OCC)OCC)OCC. The Morgan fingerprint density at radius 2 is 0.963 bits per heavy atom. The summed E-state index contributed by atoms with van der Waals surface area (Å²) in [7, 11) is -6.09. The predicted octanol–water partition coefficient (Wildman–Crippen LogP) is 4.48. The van der Waals surface area contributed by atoms with Gasteiger partial charge < -0.3 is 18.1 Å². The Labute approximate surface area is 163 Å². The second kappa shape index (κ2) is 16.0. The third-order valence-electron chi connectivity index (χ3n) is 3.18. The molecule has 0 fully saturated rings. The maximum atomic E-state index is 12.3. The van der Waals surface area contributed by atoms with Crippen molar-refractivity contribution in [2.75, 3.05) is 58.5 Å². The highest BCUT2D eigenvalue weighted by molar-refractivity contribution is 7.54. The molecule has 164 valence electrons. The summed E-state index contributed by atoms with van der Waals surface area (Å²) < 4.78 is 45.6. The molecule has 0 N–H and O–H groups in total. The third kappa shape index (κ3) is 13.1. The minimum absolute atomic E-state index is 0.290. The van der Waals surface area contributed by atoms with Crippen LogP contribution >= 0.6 is 15.2 Å². The summed E-state index contributed by atoms with van der Waals surface area (Å²) in [6.07, 6.45) is 1.61. The molecule has 0 saturated heterocycles. The molecule has 0 aliphatic rings. The molecule has 0 saturated carbocycles. The summed E-state index contributed by atoms with van der Waals surface area (Å²) >= 11 is 0. The summed E-state index contributed by atoms with van der Waals surface area (Å²) in [6.45, 7) is 11.6. The standard InChI is InChI=1S/C16H37NO8P2/c1-6-17(20-13-11-15-26(18,22-7-2)23-8-3)21-14-12-16-27(19,24-9-4)25-10-5/h6-16H2,1-5H3. The summed E-state index contributed by atoms with van der Waals surface area (Å²) in [4.78, 5) is 11.0. The number of hydrogen-bond acceptors (Lipinski definition) is 9. The number of nitrogens with zero attached hydrogens (tertiary/aromatic N) is 1. The van der Waals surface area contributed by atoms with Crippen molar-refractivity contribution in [3.8, 4) is 0 Å². The van der Waals surface area contributed by atoms with Gasteiger partial charge in [-0.05, 0) is 47.5 Å². The lowest BCUT2D eigenvalue weighted by molar-refractivity contribution is -0.365. The van der Waals surface area contributed by atoms with Crippen molar-refractivity contribution in [1.82, 2.24) is 5.23 Å². The van der Waals surface area contributed by atoms with Gasteiger partial charge >= 0.3 is 15.2 Å². The first-order valence-electron chi connectivity index (χ1n) is 9.68. The Morgan fingerprint density at radius 3 is 1.22 bits per heavy atom. The lowest BCUT2D eigenvalue weighted by Crippen LogP contribution is -2.26. The van der Waals surface area contributed by atoms with E-state index in [0.29, 0.717) is 59.0 Å². The fourth-order valence-corrected chi connectivity index (χ4v) is 5.46. The van der Waals surface area contributed by atoms with Gasteiger partial charge in [0.2, 0.25) is 0 Å². The van der Waals surface area contributed by atoms with Gasteiger partial charge in [-0.1, -0.05) is 5.23 Å². The maximum Gasteiger partial charge on any atom is 0.330 e. The predicted molar refractivity (Wildman–Crippen MR) is 105 cm³/mol. The monoisotopic (exact) mass is 433 g/mol. The van der Waals surface area contributed by atoms with Crippen LogP contribution in [0.1, 0.15) is 47.5 Å². The topological polar surface area (TPSA) is 92.8 Å². The molecule has 0 aliphatic heterocycles. The van der Waals surface area contributed by atoms with Crippen LogP contribution < -0.4 is 0 Å². The zero-order valence-corrected chi connectivity index (χ0v) is 19.2. The fraction of sp³-hybridized carbons (Fsp3) is 1.00. The molecule has 0 aliphatic carbocycles. The van der Waals surface area contributed by atoms with Crippen molar-refractivity contribution in [1.29, 1.82) is 0 Å². The first-order valence-corrected chi connectivity index (χ1v) is 13.1. The van der Waals surface area contributed by atoms with E-state index in [0.717, 1.165) is 0 Å². The molecule has 0 aromatic heterocycles. The van der Waals surface area contributed by atoms with Crippen LogP contribution in [0.4, 0.5) is 0 Å². The molecule has 0 aromatic rings. The normalized spacial score (nSPS) is 12.8. The second-order valence-corrected chi connectivity index (χ2v) is 9.73. The van der Waals surface area contributed by atoms with Crippen molar-refractivity contribution in [2.24, 2.45) is 0 Å². The smallest absolute Gasteiger partial charge is 0.309 e. The Balaban J connectivity index is 4.11. The van der Waals surface area contributed by atoms with E-state index in [1.165, 1.54) is 5.23 Å². The van der Waals surface area contributed by atoms with Gasteiger partial charge in [0.1, 0.15) is 0 Å². The first kappa shape index (κ1) is 27.2. The molecule has 27 heavy (non-hydrogen) atoms. The van der Waals surface area contributed by atoms with Crippen molar-refractivity contribution in [3.63, 3.8) is 0 Å². The molecule has 0 heterocycles. The molecular formula is C16H37NO8P2. The fourth-order valence-electron chi connectivity index (χ4n) is 2.19. The maximum absolute atomic E-state index is 12.3. The lowest BCUT2D eigenvalue weighted by atomic mass is 10.5. The van der Waals surface area contributed by atoms with E-state index in [9.17, 15) is 9.13 Å². The summed E-state index contributed by atoms with van der Waals surface area (Å²) in [5, 5.41) is 1.36. The first-order chi connectivity index (χ1) is 12.9. The zero-order valence-electron chi connectivity index (χ0n) is 17.4. The van der Waals surface area contributed by atoms with Crippen LogP contribution in [0.3, 0.4) is 0 Å². The molecule has 0 spiro atoms. The molecule has 0 unspecified atom stereocenters. The van der Waals surface area contributed by atoms with Crippen LogP contribution in [0.25, 0.3) is 0 Å². The van der Waals surface area contributed by atoms with E-state index in [-0.39, 0.29) is 12.3 Å². The highest BCUT2D eigenvalue weighted by Gasteiger charge is 2.24. The van der Waals surface area contributed by atoms with Crippen LogP contribution in [0, 0.1) is 0 Å². The summed E-state index contributed by atoms with van der Waals surface area (Å²) in [6, 6.07) is 0. The minimum Gasteiger partial charge on any atom is -0.309 e. The van der Waals surface area contributed by atoms with Crippen LogP contribution in [0.2, 0.25) is 0 Å². The average molecular weight is 433 g/mol. The summed E-state index contributed by atoms with van der Waals surface area (Å²) in [5.41, 5.74) is 0. The lowest BCUT2D eigenvalue weighted by Gasteiger charge is -2.21. The molecule has 0 aromatic carbocycles. The van der Waals surface area contributed by atoms with E-state index in [4.69, 9.17) is 27.8 Å². The van der Waals surface area contributed by atoms with Gasteiger partial charge in [-0.3, -0.25) is 18.8 Å². The Kier molecular flexibility index (Phi) is 16.1. The van der Waals surface area contributed by atoms with Gasteiger partial charge in [0.15, 0.2) is 0 Å². The average Bonchev–Trinajstić information content (AvgIpc) is 2.61. The van der Waals surface area contributed by atoms with Gasteiger partial charge in [-0.2, -0.15) is 0 Å². The Bertz CT molecular complexity index is 394. The molecule has 0 rings (SSSR count). The van der Waals surface area contributed by atoms with Gasteiger partial charge in [0.25, 0.3) is 0 Å². The van der Waals surface area contributed by atoms with Gasteiger partial charge in [-0.25, -0.2) is 0 Å². The third-order valence-corrected chi connectivity index (χ3v) is 7.52. The van der Waals surface area contributed by atoms with E-state index >= 15 is 0 Å². The van der Waals surface area contributed by atoms with E-state index in [1.807, 2.05) is 6.92 Å². The largest absolute Gasteiger partial charge is 0.330 e. The molecule has 0 radical (unpaired) electrons. The molecule has 0 atom stereocenters. The van der Waals surface area contributed by atoms with Crippen LogP contribution in [-0.4, -0.2) is 63.7 Å². The van der Waals surface area contributed by atoms with Crippen LogP contribution in [0.15, 0.2) is 0 Å². The second-order valence-electron chi connectivity index (χ2n) is 5.36. The van der Waals surface area contributed by atoms with Gasteiger partial charge in [-0.15, -0.1) is 0 Å². The zero-order chi connectivity index (χ0) is 20.6.